The smallest absolute Gasteiger partial charge is 0.252 e. The van der Waals surface area contributed by atoms with Gasteiger partial charge in [0.1, 0.15) is 0 Å². The molecule has 0 spiro atoms. The van der Waals surface area contributed by atoms with E-state index in [2.05, 4.69) is 10.6 Å². The van der Waals surface area contributed by atoms with Crippen LogP contribution in [0.4, 0.5) is 18.9 Å². The second-order valence-electron chi connectivity index (χ2n) is 5.14. The molecule has 6 nitrogen and oxygen atoms in total. The molecule has 0 bridgehead atoms. The Bertz CT molecular complexity index is 893. The number of carbonyl (C=O) groups is 2. The van der Waals surface area contributed by atoms with Crippen molar-refractivity contribution in [1.29, 1.82) is 0 Å². The minimum Gasteiger partial charge on any atom is -0.493 e. The zero-order valence-corrected chi connectivity index (χ0v) is 16.3. The molecule has 0 aromatic heterocycles. The van der Waals surface area contributed by atoms with Crippen molar-refractivity contribution >= 4 is 40.1 Å². The Balaban J connectivity index is 2.05. The number of carbonyl (C=O) groups excluding carboxylic acids is 2. The van der Waals surface area contributed by atoms with Crippen LogP contribution in [0.5, 0.6) is 11.5 Å². The molecular weight excluding hydrogens is 480 g/mol. The van der Waals surface area contributed by atoms with Crippen LogP contribution in [-0.4, -0.2) is 32.6 Å². The van der Waals surface area contributed by atoms with E-state index in [0.717, 1.165) is 6.07 Å². The summed E-state index contributed by atoms with van der Waals surface area (Å²) < 4.78 is 50.4. The molecule has 0 aliphatic rings. The largest absolute Gasteiger partial charge is 0.493 e. The van der Waals surface area contributed by atoms with Gasteiger partial charge in [0, 0.05) is 3.57 Å². The van der Waals surface area contributed by atoms with E-state index in [-0.39, 0.29) is 5.56 Å². The van der Waals surface area contributed by atoms with E-state index in [9.17, 15) is 22.8 Å². The van der Waals surface area contributed by atoms with Crippen LogP contribution in [0.1, 0.15) is 10.4 Å². The lowest BCUT2D eigenvalue weighted by atomic mass is 10.2. The van der Waals surface area contributed by atoms with Gasteiger partial charge in [-0.2, -0.15) is 0 Å². The molecule has 0 aliphatic heterocycles. The molecule has 0 heterocycles. The number of nitrogens with one attached hydrogen (secondary N) is 2. The summed E-state index contributed by atoms with van der Waals surface area (Å²) in [5.41, 5.74) is -0.297. The predicted octanol–water partition coefficient (Wildman–Crippen LogP) is 3.09. The Morgan fingerprint density at radius 1 is 1.04 bits per heavy atom. The molecule has 0 atom stereocenters. The summed E-state index contributed by atoms with van der Waals surface area (Å²) in [4.78, 5) is 24.1. The molecule has 2 aromatic carbocycles. The molecule has 2 aromatic rings. The van der Waals surface area contributed by atoms with Gasteiger partial charge in [-0.3, -0.25) is 9.59 Å². The lowest BCUT2D eigenvalue weighted by Crippen LogP contribution is -2.33. The molecule has 10 heteroatoms. The van der Waals surface area contributed by atoms with Gasteiger partial charge < -0.3 is 20.1 Å². The zero-order chi connectivity index (χ0) is 20.1. The molecule has 2 rings (SSSR count). The first-order valence-corrected chi connectivity index (χ1v) is 8.49. The van der Waals surface area contributed by atoms with Gasteiger partial charge in [0.05, 0.1) is 32.0 Å². The van der Waals surface area contributed by atoms with Crippen LogP contribution in [0.15, 0.2) is 24.3 Å². The molecule has 144 valence electrons. The van der Waals surface area contributed by atoms with E-state index in [4.69, 9.17) is 9.47 Å². The van der Waals surface area contributed by atoms with Crippen molar-refractivity contribution in [3.05, 3.63) is 50.9 Å². The summed E-state index contributed by atoms with van der Waals surface area (Å²) >= 11 is 1.92. The molecule has 0 unspecified atom stereocenters. The van der Waals surface area contributed by atoms with Crippen molar-refractivity contribution < 1.29 is 32.2 Å². The van der Waals surface area contributed by atoms with Crippen LogP contribution in [0.25, 0.3) is 0 Å². The Hall–Kier alpha value is -2.50. The molecule has 0 radical (unpaired) electrons. The van der Waals surface area contributed by atoms with Crippen molar-refractivity contribution in [3.8, 4) is 11.5 Å². The Labute approximate surface area is 166 Å². The molecule has 0 fully saturated rings. The number of anilines is 1. The molecule has 0 saturated heterocycles. The number of hydrogen-bond donors (Lipinski definition) is 2. The number of amides is 2. The highest BCUT2D eigenvalue weighted by Crippen LogP contribution is 2.31. The minimum absolute atomic E-state index is 0.236. The number of ether oxygens (including phenoxy) is 2. The summed E-state index contributed by atoms with van der Waals surface area (Å²) in [5.74, 6) is -5.23. The maximum atomic E-state index is 13.6. The monoisotopic (exact) mass is 494 g/mol. The summed E-state index contributed by atoms with van der Waals surface area (Å²) in [6.45, 7) is -0.512. The summed E-state index contributed by atoms with van der Waals surface area (Å²) in [6, 6.07) is 4.59. The zero-order valence-electron chi connectivity index (χ0n) is 14.2. The van der Waals surface area contributed by atoms with Gasteiger partial charge in [-0.25, -0.2) is 13.2 Å². The highest BCUT2D eigenvalue weighted by atomic mass is 127. The molecule has 2 N–H and O–H groups in total. The van der Waals surface area contributed by atoms with E-state index >= 15 is 0 Å². The van der Waals surface area contributed by atoms with Crippen LogP contribution in [0.3, 0.4) is 0 Å². The van der Waals surface area contributed by atoms with Gasteiger partial charge in [-0.15, -0.1) is 0 Å². The third-order valence-corrected chi connectivity index (χ3v) is 4.33. The fourth-order valence-corrected chi connectivity index (χ4v) is 2.78. The summed E-state index contributed by atoms with van der Waals surface area (Å²) in [5, 5.41) is 4.41. The van der Waals surface area contributed by atoms with Crippen molar-refractivity contribution in [3.63, 3.8) is 0 Å². The third kappa shape index (κ3) is 4.81. The lowest BCUT2D eigenvalue weighted by molar-refractivity contribution is -0.115. The second-order valence-corrected chi connectivity index (χ2v) is 6.30. The van der Waals surface area contributed by atoms with Crippen LogP contribution in [-0.2, 0) is 4.79 Å². The first-order valence-electron chi connectivity index (χ1n) is 7.41. The first kappa shape index (κ1) is 20.8. The van der Waals surface area contributed by atoms with Crippen molar-refractivity contribution in [1.82, 2.24) is 5.32 Å². The van der Waals surface area contributed by atoms with E-state index < -0.39 is 41.5 Å². The summed E-state index contributed by atoms with van der Waals surface area (Å²) in [6.07, 6.45) is 0. The average molecular weight is 494 g/mol. The van der Waals surface area contributed by atoms with Crippen LogP contribution >= 0.6 is 22.6 Å². The fraction of sp³-hybridized carbons (Fsp3) is 0.176. The maximum Gasteiger partial charge on any atom is 0.252 e. The topological polar surface area (TPSA) is 76.7 Å². The number of methoxy groups -OCH3 is 2. The highest BCUT2D eigenvalue weighted by molar-refractivity contribution is 14.1. The van der Waals surface area contributed by atoms with Crippen molar-refractivity contribution in [2.24, 2.45) is 0 Å². The van der Waals surface area contributed by atoms with Crippen molar-refractivity contribution in [2.45, 2.75) is 0 Å². The Kier molecular flexibility index (Phi) is 6.88. The van der Waals surface area contributed by atoms with Gasteiger partial charge >= 0.3 is 0 Å². The van der Waals surface area contributed by atoms with Gasteiger partial charge in [-0.05, 0) is 46.9 Å². The van der Waals surface area contributed by atoms with E-state index in [1.165, 1.54) is 20.3 Å². The van der Waals surface area contributed by atoms with Crippen LogP contribution in [0.2, 0.25) is 0 Å². The first-order chi connectivity index (χ1) is 12.8. The molecule has 2 amide bonds. The standard InChI is InChI=1S/C17H14F3IN2O4/c1-26-12-5-8(10(21)6-13(12)27-2)17(25)22-7-14(24)23-11-4-3-9(18)15(19)16(11)20/h3-6H,7H2,1-2H3,(H,22,25)(H,23,24). The van der Waals surface area contributed by atoms with Crippen molar-refractivity contribution in [2.75, 3.05) is 26.1 Å². The maximum absolute atomic E-state index is 13.6. The molecular formula is C17H14F3IN2O4. The number of rotatable bonds is 6. The SMILES string of the molecule is COc1cc(I)c(C(=O)NCC(=O)Nc2ccc(F)c(F)c2F)cc1OC. The Morgan fingerprint density at radius 3 is 2.30 bits per heavy atom. The second kappa shape index (κ2) is 8.93. The third-order valence-electron chi connectivity index (χ3n) is 3.44. The number of halogens is 4. The van der Waals surface area contributed by atoms with Crippen LogP contribution in [0, 0.1) is 21.0 Å². The minimum atomic E-state index is -1.70. The number of hydrogen-bond acceptors (Lipinski definition) is 4. The van der Waals surface area contributed by atoms with Gasteiger partial charge in [0.25, 0.3) is 5.91 Å². The number of benzene rings is 2. The van der Waals surface area contributed by atoms with E-state index in [1.807, 2.05) is 22.6 Å². The fourth-order valence-electron chi connectivity index (χ4n) is 2.10. The highest BCUT2D eigenvalue weighted by Gasteiger charge is 2.18. The van der Waals surface area contributed by atoms with Gasteiger partial charge in [0.15, 0.2) is 29.0 Å². The molecule has 0 saturated carbocycles. The quantitative estimate of drug-likeness (QED) is 0.479. The van der Waals surface area contributed by atoms with E-state index in [0.29, 0.717) is 21.1 Å². The summed E-state index contributed by atoms with van der Waals surface area (Å²) in [7, 11) is 2.87. The lowest BCUT2D eigenvalue weighted by Gasteiger charge is -2.12. The van der Waals surface area contributed by atoms with E-state index in [1.54, 1.807) is 6.07 Å². The average Bonchev–Trinajstić information content (AvgIpc) is 2.66. The molecule has 0 aliphatic carbocycles. The normalized spacial score (nSPS) is 10.3. The van der Waals surface area contributed by atoms with Gasteiger partial charge in [0.2, 0.25) is 5.91 Å². The molecule has 27 heavy (non-hydrogen) atoms. The Morgan fingerprint density at radius 2 is 1.67 bits per heavy atom. The van der Waals surface area contributed by atoms with Crippen LogP contribution < -0.4 is 20.1 Å². The predicted molar refractivity (Wildman–Crippen MR) is 99.5 cm³/mol. The van der Waals surface area contributed by atoms with Gasteiger partial charge in [-0.1, -0.05) is 0 Å².